The number of nitrogens with zero attached hydrogens (tertiary/aromatic N) is 2. The van der Waals surface area contributed by atoms with Gasteiger partial charge in [0, 0.05) is 23.0 Å². The summed E-state index contributed by atoms with van der Waals surface area (Å²) >= 11 is 0. The molecular weight excluding hydrogens is 330 g/mol. The lowest BCUT2D eigenvalue weighted by Gasteiger charge is -2.09. The van der Waals surface area contributed by atoms with Gasteiger partial charge in [-0.1, -0.05) is 6.07 Å². The normalized spacial score (nSPS) is 13.2. The fourth-order valence-electron chi connectivity index (χ4n) is 3.40. The van der Waals surface area contributed by atoms with Gasteiger partial charge in [-0.25, -0.2) is 0 Å². The minimum absolute atomic E-state index is 0.0995. The lowest BCUT2D eigenvalue weighted by atomic mass is 9.95. The predicted octanol–water partition coefficient (Wildman–Crippen LogP) is 3.41. The van der Waals surface area contributed by atoms with Crippen molar-refractivity contribution in [2.24, 2.45) is 0 Å². The Bertz CT molecular complexity index is 917. The summed E-state index contributed by atoms with van der Waals surface area (Å²) < 4.78 is 1.46. The van der Waals surface area contributed by atoms with Gasteiger partial charge in [-0.15, -0.1) is 0 Å². The van der Waals surface area contributed by atoms with Crippen LogP contribution in [0.2, 0.25) is 0 Å². The van der Waals surface area contributed by atoms with Gasteiger partial charge in [0.1, 0.15) is 5.69 Å². The molecule has 0 bridgehead atoms. The van der Waals surface area contributed by atoms with E-state index < -0.39 is 0 Å². The van der Waals surface area contributed by atoms with Gasteiger partial charge in [0.2, 0.25) is 11.8 Å². The summed E-state index contributed by atoms with van der Waals surface area (Å²) in [5.74, 6) is -0.0922. The molecule has 1 amide bonds. The highest BCUT2D eigenvalue weighted by Gasteiger charge is 2.25. The number of anilines is 1. The molecule has 3 aromatic rings. The number of amides is 1. The first-order chi connectivity index (χ1) is 12.6. The summed E-state index contributed by atoms with van der Waals surface area (Å²) in [7, 11) is 0. The Labute approximate surface area is 150 Å². The summed E-state index contributed by atoms with van der Waals surface area (Å²) in [6, 6.07) is 12.1. The van der Waals surface area contributed by atoms with E-state index in [0.717, 1.165) is 36.8 Å². The Morgan fingerprint density at radius 1 is 0.962 bits per heavy atom. The quantitative estimate of drug-likeness (QED) is 0.676. The number of rotatable bonds is 3. The van der Waals surface area contributed by atoms with Crippen LogP contribution in [0, 0.1) is 0 Å². The second kappa shape index (κ2) is 6.55. The van der Waals surface area contributed by atoms with Crippen LogP contribution in [0.25, 0.3) is 5.69 Å². The Hall–Kier alpha value is -3.28. The maximum atomic E-state index is 12.2. The van der Waals surface area contributed by atoms with Gasteiger partial charge in [0.15, 0.2) is 0 Å². The van der Waals surface area contributed by atoms with Crippen molar-refractivity contribution >= 4 is 11.6 Å². The molecule has 1 aliphatic carbocycles. The average Bonchev–Trinajstić information content (AvgIpc) is 2.94. The largest absolute Gasteiger partial charge is 0.494 e. The summed E-state index contributed by atoms with van der Waals surface area (Å²) in [5, 5.41) is 23.8. The molecular formula is C20H19N3O3. The molecule has 4 rings (SSSR count). The number of hydrogen-bond acceptors (Lipinski definition) is 4. The van der Waals surface area contributed by atoms with Gasteiger partial charge in [-0.3, -0.25) is 14.3 Å². The van der Waals surface area contributed by atoms with E-state index in [-0.39, 0.29) is 17.7 Å². The molecule has 0 unspecified atom stereocenters. The lowest BCUT2D eigenvalue weighted by molar-refractivity contribution is 0.102. The van der Waals surface area contributed by atoms with Crippen molar-refractivity contribution in [1.82, 2.24) is 9.55 Å². The zero-order valence-electron chi connectivity index (χ0n) is 14.1. The number of pyridine rings is 1. The third-order valence-electron chi connectivity index (χ3n) is 4.71. The topological polar surface area (TPSA) is 87.4 Å². The van der Waals surface area contributed by atoms with Crippen molar-refractivity contribution in [3.63, 3.8) is 0 Å². The second-order valence-electron chi connectivity index (χ2n) is 6.36. The molecule has 0 radical (unpaired) electrons. The average molecular weight is 349 g/mol. The van der Waals surface area contributed by atoms with Crippen LogP contribution >= 0.6 is 0 Å². The SMILES string of the molecule is O=C(Nc1ccc(-n2c(O)c3c(c2O)CCCC3)cc1)c1ccccn1. The number of benzene rings is 1. The van der Waals surface area contributed by atoms with Crippen molar-refractivity contribution in [3.8, 4) is 17.4 Å². The zero-order chi connectivity index (χ0) is 18.1. The van der Waals surface area contributed by atoms with Crippen LogP contribution in [0.3, 0.4) is 0 Å². The number of aromatic hydroxyl groups is 2. The minimum Gasteiger partial charge on any atom is -0.494 e. The van der Waals surface area contributed by atoms with Crippen LogP contribution in [0.15, 0.2) is 48.7 Å². The summed E-state index contributed by atoms with van der Waals surface area (Å²) in [5.41, 5.74) is 3.26. The predicted molar refractivity (Wildman–Crippen MR) is 97.9 cm³/mol. The first-order valence-corrected chi connectivity index (χ1v) is 8.62. The number of carbonyl (C=O) groups is 1. The fraction of sp³-hybridized carbons (Fsp3) is 0.200. The summed E-state index contributed by atoms with van der Waals surface area (Å²) in [4.78, 5) is 16.2. The molecule has 26 heavy (non-hydrogen) atoms. The van der Waals surface area contributed by atoms with Crippen molar-refractivity contribution in [2.75, 3.05) is 5.32 Å². The number of carbonyl (C=O) groups excluding carboxylic acids is 1. The zero-order valence-corrected chi connectivity index (χ0v) is 14.1. The smallest absolute Gasteiger partial charge is 0.274 e. The number of hydrogen-bond donors (Lipinski definition) is 3. The molecule has 2 heterocycles. The number of fused-ring (bicyclic) bond motifs is 1. The van der Waals surface area contributed by atoms with Crippen LogP contribution in [0.1, 0.15) is 34.5 Å². The van der Waals surface area contributed by atoms with E-state index in [1.54, 1.807) is 48.7 Å². The minimum atomic E-state index is -0.291. The lowest BCUT2D eigenvalue weighted by Crippen LogP contribution is -2.13. The van der Waals surface area contributed by atoms with E-state index in [2.05, 4.69) is 10.3 Å². The van der Waals surface area contributed by atoms with Crippen molar-refractivity contribution in [3.05, 3.63) is 65.5 Å². The number of nitrogens with one attached hydrogen (secondary N) is 1. The molecule has 6 heteroatoms. The van der Waals surface area contributed by atoms with E-state index in [1.165, 1.54) is 4.57 Å². The van der Waals surface area contributed by atoms with Gasteiger partial charge >= 0.3 is 0 Å². The van der Waals surface area contributed by atoms with Gasteiger partial charge in [0.25, 0.3) is 5.91 Å². The fourth-order valence-corrected chi connectivity index (χ4v) is 3.40. The molecule has 1 aliphatic rings. The van der Waals surface area contributed by atoms with Gasteiger partial charge in [-0.2, -0.15) is 0 Å². The Kier molecular flexibility index (Phi) is 4.08. The Balaban J connectivity index is 1.59. The summed E-state index contributed by atoms with van der Waals surface area (Å²) in [6.45, 7) is 0. The molecule has 132 valence electrons. The monoisotopic (exact) mass is 349 g/mol. The van der Waals surface area contributed by atoms with Crippen LogP contribution in [0.4, 0.5) is 5.69 Å². The van der Waals surface area contributed by atoms with Gasteiger partial charge in [0.05, 0.1) is 5.69 Å². The van der Waals surface area contributed by atoms with E-state index in [9.17, 15) is 15.0 Å². The third kappa shape index (κ3) is 2.79. The molecule has 0 aliphatic heterocycles. The molecule has 0 spiro atoms. The maximum absolute atomic E-state index is 12.2. The van der Waals surface area contributed by atoms with Crippen LogP contribution in [0.5, 0.6) is 11.8 Å². The molecule has 2 aromatic heterocycles. The van der Waals surface area contributed by atoms with Gasteiger partial charge < -0.3 is 15.5 Å². The molecule has 1 aromatic carbocycles. The molecule has 0 saturated heterocycles. The highest BCUT2D eigenvalue weighted by Crippen LogP contribution is 2.40. The van der Waals surface area contributed by atoms with Gasteiger partial charge in [-0.05, 0) is 62.1 Å². The third-order valence-corrected chi connectivity index (χ3v) is 4.71. The van der Waals surface area contributed by atoms with E-state index in [4.69, 9.17) is 0 Å². The van der Waals surface area contributed by atoms with Crippen LogP contribution in [-0.2, 0) is 12.8 Å². The molecule has 3 N–H and O–H groups in total. The highest BCUT2D eigenvalue weighted by molar-refractivity contribution is 6.02. The van der Waals surface area contributed by atoms with Crippen molar-refractivity contribution < 1.29 is 15.0 Å². The first kappa shape index (κ1) is 16.2. The van der Waals surface area contributed by atoms with Crippen molar-refractivity contribution in [1.29, 1.82) is 0 Å². The highest BCUT2D eigenvalue weighted by atomic mass is 16.3. The molecule has 0 saturated carbocycles. The Morgan fingerprint density at radius 2 is 1.62 bits per heavy atom. The van der Waals surface area contributed by atoms with E-state index >= 15 is 0 Å². The Morgan fingerprint density at radius 3 is 2.19 bits per heavy atom. The first-order valence-electron chi connectivity index (χ1n) is 8.62. The molecule has 0 atom stereocenters. The van der Waals surface area contributed by atoms with E-state index in [1.807, 2.05) is 0 Å². The molecule has 0 fully saturated rings. The molecule has 6 nitrogen and oxygen atoms in total. The number of aromatic nitrogens is 2. The second-order valence-corrected chi connectivity index (χ2v) is 6.36. The standard InChI is InChI=1S/C20H19N3O3/c24-18(17-7-3-4-12-21-17)22-13-8-10-14(11-9-13)23-19(25)15-5-1-2-6-16(15)20(23)26/h3-4,7-12,25-26H,1-2,5-6H2,(H,22,24). The van der Waals surface area contributed by atoms with Crippen LogP contribution < -0.4 is 5.32 Å². The van der Waals surface area contributed by atoms with Crippen molar-refractivity contribution in [2.45, 2.75) is 25.7 Å². The summed E-state index contributed by atoms with van der Waals surface area (Å²) in [6.07, 6.45) is 5.16. The maximum Gasteiger partial charge on any atom is 0.274 e. The van der Waals surface area contributed by atoms with E-state index in [0.29, 0.717) is 17.1 Å². The van der Waals surface area contributed by atoms with Crippen LogP contribution in [-0.4, -0.2) is 25.7 Å².